The summed E-state index contributed by atoms with van der Waals surface area (Å²) in [6, 6.07) is 8.99. The van der Waals surface area contributed by atoms with E-state index in [1.54, 1.807) is 12.1 Å². The summed E-state index contributed by atoms with van der Waals surface area (Å²) in [6.45, 7) is 0. The SMILES string of the molecule is COC(=O)C(CBr)Oc1ccc(Oc2ccc(C(F)(F)F)cc2Cl)cc1. The van der Waals surface area contributed by atoms with Gasteiger partial charge in [-0.1, -0.05) is 27.5 Å². The lowest BCUT2D eigenvalue weighted by atomic mass is 10.2. The first-order chi connectivity index (χ1) is 12.2. The van der Waals surface area contributed by atoms with E-state index in [-0.39, 0.29) is 16.1 Å². The summed E-state index contributed by atoms with van der Waals surface area (Å²) in [6.07, 6.45) is -5.29. The van der Waals surface area contributed by atoms with Crippen LogP contribution in [0, 0.1) is 0 Å². The van der Waals surface area contributed by atoms with Crippen LogP contribution in [0.15, 0.2) is 42.5 Å². The molecule has 0 amide bonds. The van der Waals surface area contributed by atoms with Crippen LogP contribution < -0.4 is 9.47 Å². The van der Waals surface area contributed by atoms with E-state index in [0.717, 1.165) is 18.2 Å². The van der Waals surface area contributed by atoms with E-state index in [0.29, 0.717) is 11.5 Å². The molecule has 0 saturated carbocycles. The smallest absolute Gasteiger partial charge is 0.416 e. The summed E-state index contributed by atoms with van der Waals surface area (Å²) in [7, 11) is 1.26. The normalized spacial score (nSPS) is 12.4. The molecule has 0 bridgehead atoms. The minimum Gasteiger partial charge on any atom is -0.478 e. The highest BCUT2D eigenvalue weighted by Crippen LogP contribution is 2.36. The fourth-order valence-corrected chi connectivity index (χ4v) is 2.53. The van der Waals surface area contributed by atoms with Crippen molar-refractivity contribution >= 4 is 33.5 Å². The van der Waals surface area contributed by atoms with Crippen molar-refractivity contribution in [2.45, 2.75) is 12.3 Å². The molecule has 0 heterocycles. The van der Waals surface area contributed by atoms with Gasteiger partial charge in [-0.05, 0) is 42.5 Å². The van der Waals surface area contributed by atoms with Gasteiger partial charge in [0.05, 0.1) is 23.0 Å². The Kier molecular flexibility index (Phi) is 6.77. The van der Waals surface area contributed by atoms with Gasteiger partial charge in [0.2, 0.25) is 6.10 Å². The van der Waals surface area contributed by atoms with Crippen LogP contribution in [0.25, 0.3) is 0 Å². The minimum atomic E-state index is -4.48. The molecular formula is C17H13BrClF3O4. The van der Waals surface area contributed by atoms with Gasteiger partial charge in [-0.15, -0.1) is 0 Å². The molecule has 0 radical (unpaired) electrons. The highest BCUT2D eigenvalue weighted by atomic mass is 79.9. The molecule has 1 unspecified atom stereocenters. The van der Waals surface area contributed by atoms with Gasteiger partial charge in [-0.25, -0.2) is 4.79 Å². The lowest BCUT2D eigenvalue weighted by Crippen LogP contribution is -2.29. The quantitative estimate of drug-likeness (QED) is 0.430. The van der Waals surface area contributed by atoms with Gasteiger partial charge in [0.25, 0.3) is 0 Å². The Morgan fingerprint density at radius 1 is 1.15 bits per heavy atom. The Balaban J connectivity index is 2.09. The zero-order valence-corrected chi connectivity index (χ0v) is 15.7. The first-order valence-corrected chi connectivity index (χ1v) is 8.69. The van der Waals surface area contributed by atoms with E-state index >= 15 is 0 Å². The summed E-state index contributed by atoms with van der Waals surface area (Å²) in [5.74, 6) is 0.290. The van der Waals surface area contributed by atoms with E-state index < -0.39 is 23.8 Å². The van der Waals surface area contributed by atoms with Crippen molar-refractivity contribution in [1.29, 1.82) is 0 Å². The molecule has 0 fully saturated rings. The maximum atomic E-state index is 12.6. The molecule has 0 aromatic heterocycles. The molecule has 9 heteroatoms. The molecule has 4 nitrogen and oxygen atoms in total. The molecule has 0 N–H and O–H groups in total. The zero-order valence-electron chi connectivity index (χ0n) is 13.3. The molecular weight excluding hydrogens is 441 g/mol. The number of hydrogen-bond acceptors (Lipinski definition) is 4. The van der Waals surface area contributed by atoms with Crippen molar-refractivity contribution in [3.8, 4) is 17.2 Å². The van der Waals surface area contributed by atoms with Gasteiger partial charge in [-0.3, -0.25) is 0 Å². The highest BCUT2D eigenvalue weighted by Gasteiger charge is 2.31. The van der Waals surface area contributed by atoms with Gasteiger partial charge in [0.1, 0.15) is 17.2 Å². The molecule has 2 rings (SSSR count). The van der Waals surface area contributed by atoms with E-state index in [9.17, 15) is 18.0 Å². The summed E-state index contributed by atoms with van der Waals surface area (Å²) >= 11 is 9.00. The van der Waals surface area contributed by atoms with Gasteiger partial charge in [-0.2, -0.15) is 13.2 Å². The third-order valence-corrected chi connectivity index (χ3v) is 4.08. The molecule has 26 heavy (non-hydrogen) atoms. The minimum absolute atomic E-state index is 0.0845. The van der Waals surface area contributed by atoms with Crippen molar-refractivity contribution in [2.24, 2.45) is 0 Å². The van der Waals surface area contributed by atoms with Crippen LogP contribution in [0.5, 0.6) is 17.2 Å². The van der Waals surface area contributed by atoms with E-state index in [4.69, 9.17) is 21.1 Å². The number of esters is 1. The van der Waals surface area contributed by atoms with Crippen LogP contribution in [-0.2, 0) is 15.7 Å². The number of hydrogen-bond donors (Lipinski definition) is 0. The zero-order chi connectivity index (χ0) is 19.3. The van der Waals surface area contributed by atoms with E-state index in [1.165, 1.54) is 19.2 Å². The topological polar surface area (TPSA) is 44.8 Å². The second-order valence-corrected chi connectivity index (χ2v) is 6.06. The Hall–Kier alpha value is -1.93. The predicted octanol–water partition coefficient (Wildman–Crippen LogP) is 5.47. The first-order valence-electron chi connectivity index (χ1n) is 7.19. The maximum absolute atomic E-state index is 12.6. The summed E-state index contributed by atoms with van der Waals surface area (Å²) in [4.78, 5) is 11.5. The number of benzene rings is 2. The predicted molar refractivity (Wildman–Crippen MR) is 93.2 cm³/mol. The molecule has 0 aliphatic heterocycles. The average molecular weight is 454 g/mol. The molecule has 0 aliphatic rings. The number of alkyl halides is 4. The number of methoxy groups -OCH3 is 1. The number of rotatable bonds is 6. The van der Waals surface area contributed by atoms with Crippen LogP contribution in [0.1, 0.15) is 5.56 Å². The molecule has 1 atom stereocenters. The second kappa shape index (κ2) is 8.64. The molecule has 0 aliphatic carbocycles. The highest BCUT2D eigenvalue weighted by molar-refractivity contribution is 9.09. The van der Waals surface area contributed by atoms with Crippen LogP contribution in [0.3, 0.4) is 0 Å². The first kappa shape index (κ1) is 20.4. The molecule has 2 aromatic carbocycles. The van der Waals surface area contributed by atoms with Crippen LogP contribution in [0.2, 0.25) is 5.02 Å². The standard InChI is InChI=1S/C17H13BrClF3O4/c1-24-16(23)15(9-18)26-12-5-3-11(4-6-12)25-14-7-2-10(8-13(14)19)17(20,21)22/h2-8,15H,9H2,1H3. The lowest BCUT2D eigenvalue weighted by Gasteiger charge is -2.15. The monoisotopic (exact) mass is 452 g/mol. The Bertz CT molecular complexity index is 766. The van der Waals surface area contributed by atoms with Crippen molar-refractivity contribution in [2.75, 3.05) is 12.4 Å². The maximum Gasteiger partial charge on any atom is 0.416 e. The van der Waals surface area contributed by atoms with Crippen molar-refractivity contribution in [3.63, 3.8) is 0 Å². The third kappa shape index (κ3) is 5.28. The Morgan fingerprint density at radius 3 is 2.27 bits per heavy atom. The van der Waals surface area contributed by atoms with E-state index in [1.807, 2.05) is 0 Å². The molecule has 2 aromatic rings. The Labute approximate surface area is 160 Å². The second-order valence-electron chi connectivity index (χ2n) is 5.00. The lowest BCUT2D eigenvalue weighted by molar-refractivity contribution is -0.147. The third-order valence-electron chi connectivity index (χ3n) is 3.19. The van der Waals surface area contributed by atoms with Crippen molar-refractivity contribution < 1.29 is 32.2 Å². The van der Waals surface area contributed by atoms with Crippen LogP contribution in [0.4, 0.5) is 13.2 Å². The number of carbonyl (C=O) groups is 1. The summed E-state index contributed by atoms with van der Waals surface area (Å²) in [5.41, 5.74) is -0.859. The number of carbonyl (C=O) groups excluding carboxylic acids is 1. The van der Waals surface area contributed by atoms with Crippen LogP contribution in [-0.4, -0.2) is 24.5 Å². The average Bonchev–Trinajstić information content (AvgIpc) is 2.61. The number of halogens is 5. The fraction of sp³-hybridized carbons (Fsp3) is 0.235. The summed E-state index contributed by atoms with van der Waals surface area (Å²) in [5, 5.41) is 0.0872. The Morgan fingerprint density at radius 2 is 1.77 bits per heavy atom. The molecule has 0 spiro atoms. The van der Waals surface area contributed by atoms with Crippen molar-refractivity contribution in [1.82, 2.24) is 0 Å². The summed E-state index contributed by atoms with van der Waals surface area (Å²) < 4.78 is 53.5. The number of ether oxygens (including phenoxy) is 3. The van der Waals surface area contributed by atoms with Gasteiger partial charge < -0.3 is 14.2 Å². The fourth-order valence-electron chi connectivity index (χ4n) is 1.91. The van der Waals surface area contributed by atoms with Gasteiger partial charge in [0.15, 0.2) is 0 Å². The molecule has 140 valence electrons. The van der Waals surface area contributed by atoms with Crippen LogP contribution >= 0.6 is 27.5 Å². The van der Waals surface area contributed by atoms with E-state index in [2.05, 4.69) is 20.7 Å². The largest absolute Gasteiger partial charge is 0.478 e. The van der Waals surface area contributed by atoms with Gasteiger partial charge >= 0.3 is 12.1 Å². The van der Waals surface area contributed by atoms with Gasteiger partial charge in [0, 0.05) is 0 Å². The van der Waals surface area contributed by atoms with Crippen molar-refractivity contribution in [3.05, 3.63) is 53.1 Å². The molecule has 0 saturated heterocycles.